The van der Waals surface area contributed by atoms with Crippen molar-refractivity contribution in [3.63, 3.8) is 0 Å². The summed E-state index contributed by atoms with van der Waals surface area (Å²) in [6.45, 7) is 7.31. The quantitative estimate of drug-likeness (QED) is 0.365. The zero-order valence-corrected chi connectivity index (χ0v) is 22.8. The summed E-state index contributed by atoms with van der Waals surface area (Å²) in [6, 6.07) is 6.21. The summed E-state index contributed by atoms with van der Waals surface area (Å²) in [5.74, 6) is -1.46. The van der Waals surface area contributed by atoms with Gasteiger partial charge in [0.1, 0.15) is 23.7 Å². The molecule has 2 aromatic rings. The molecule has 5 rings (SSSR count). The average Bonchev–Trinajstić information content (AvgIpc) is 2.86. The highest BCUT2D eigenvalue weighted by Crippen LogP contribution is 2.42. The molecule has 0 aliphatic carbocycles. The van der Waals surface area contributed by atoms with Crippen LogP contribution in [0.3, 0.4) is 0 Å². The second kappa shape index (κ2) is 12.7. The van der Waals surface area contributed by atoms with Gasteiger partial charge in [-0.3, -0.25) is 9.80 Å². The van der Waals surface area contributed by atoms with Crippen LogP contribution in [0.4, 0.5) is 23.2 Å². The first-order chi connectivity index (χ1) is 18.8. The van der Waals surface area contributed by atoms with Crippen molar-refractivity contribution in [2.75, 3.05) is 50.7 Å². The van der Waals surface area contributed by atoms with Crippen molar-refractivity contribution in [3.8, 4) is 5.75 Å². The Labute approximate surface area is 228 Å². The summed E-state index contributed by atoms with van der Waals surface area (Å²) in [5.41, 5.74) is 1.72. The van der Waals surface area contributed by atoms with Gasteiger partial charge < -0.3 is 14.8 Å². The lowest BCUT2D eigenvalue weighted by atomic mass is 9.72. The number of anilines is 1. The van der Waals surface area contributed by atoms with E-state index in [-0.39, 0.29) is 23.3 Å². The van der Waals surface area contributed by atoms with Crippen LogP contribution in [0.1, 0.15) is 62.3 Å². The number of rotatable bonds is 6. The number of phenolic OH excluding ortho intramolecular Hbond substituents is 1. The Bertz CT molecular complexity index is 1100. The first-order valence-corrected chi connectivity index (χ1v) is 14.0. The first kappa shape index (κ1) is 29.3. The highest BCUT2D eigenvalue weighted by atomic mass is 19.3. The van der Waals surface area contributed by atoms with E-state index in [0.29, 0.717) is 42.9 Å². The second-order valence-corrected chi connectivity index (χ2v) is 10.8. The van der Waals surface area contributed by atoms with Crippen LogP contribution in [0, 0.1) is 17.0 Å². The average molecular weight is 550 g/mol. The topological polar surface area (TPSA) is 47.0 Å². The molecule has 9 heteroatoms. The van der Waals surface area contributed by atoms with E-state index >= 15 is 8.78 Å². The van der Waals surface area contributed by atoms with Crippen LogP contribution >= 0.6 is 0 Å². The molecular weight excluding hydrogens is 510 g/mol. The van der Waals surface area contributed by atoms with Crippen LogP contribution in [-0.2, 0) is 11.2 Å². The van der Waals surface area contributed by atoms with Crippen LogP contribution in [0.5, 0.6) is 5.75 Å². The van der Waals surface area contributed by atoms with Crippen molar-refractivity contribution < 1.29 is 27.5 Å². The molecule has 214 valence electrons. The molecule has 0 saturated carbocycles. The van der Waals surface area contributed by atoms with Crippen molar-refractivity contribution in [2.45, 2.75) is 58.4 Å². The fourth-order valence-corrected chi connectivity index (χ4v) is 6.63. The third kappa shape index (κ3) is 6.40. The van der Waals surface area contributed by atoms with E-state index in [1.54, 1.807) is 12.1 Å². The van der Waals surface area contributed by atoms with Crippen LogP contribution in [0.25, 0.3) is 0 Å². The van der Waals surface area contributed by atoms with Gasteiger partial charge in [-0.2, -0.15) is 0 Å². The summed E-state index contributed by atoms with van der Waals surface area (Å²) < 4.78 is 58.1. The highest BCUT2D eigenvalue weighted by Gasteiger charge is 2.42. The van der Waals surface area contributed by atoms with Crippen molar-refractivity contribution in [2.24, 2.45) is 5.41 Å². The number of alkyl halides is 2. The van der Waals surface area contributed by atoms with Crippen molar-refractivity contribution >= 4 is 12.0 Å². The lowest BCUT2D eigenvalue weighted by Crippen LogP contribution is -2.57. The fraction of sp³-hybridized carbons (Fsp3) is 0.567. The Morgan fingerprint density at radius 3 is 2.26 bits per heavy atom. The zero-order chi connectivity index (χ0) is 28.2. The first-order valence-electron chi connectivity index (χ1n) is 14.0. The number of nitrogens with zero attached hydrogens (tertiary/aromatic N) is 3. The fourth-order valence-electron chi connectivity index (χ4n) is 6.63. The van der Waals surface area contributed by atoms with E-state index in [1.165, 1.54) is 23.1 Å². The van der Waals surface area contributed by atoms with E-state index in [9.17, 15) is 18.7 Å². The maximum atomic E-state index is 15.7. The molecule has 0 bridgehead atoms. The standard InChI is InChI=1S/C28H33F4N3O2.C2H6/c29-23-14-20(34-8-1-6-28(7-2-9-34)17-33(18-28)11-12-36)15-24(30)26(23)27-22-4-3-21(37)13-19(22)5-10-35(27)16-25(31)32;1-2/h3-4,12-15,25,27,37H,1-2,5-11,16-18H2;1-2H3. The summed E-state index contributed by atoms with van der Waals surface area (Å²) >= 11 is 0. The molecular formula is C30H39F4N3O2. The molecule has 1 spiro atoms. The van der Waals surface area contributed by atoms with Gasteiger partial charge in [-0.05, 0) is 72.9 Å². The van der Waals surface area contributed by atoms with Gasteiger partial charge in [-0.1, -0.05) is 19.9 Å². The predicted octanol–water partition coefficient (Wildman–Crippen LogP) is 5.79. The molecule has 1 N–H and O–H groups in total. The number of fused-ring (bicyclic) bond motifs is 1. The van der Waals surface area contributed by atoms with Gasteiger partial charge in [0.05, 0.1) is 19.1 Å². The van der Waals surface area contributed by atoms with Gasteiger partial charge >= 0.3 is 0 Å². The van der Waals surface area contributed by atoms with E-state index in [2.05, 4.69) is 4.90 Å². The second-order valence-electron chi connectivity index (χ2n) is 10.8. The molecule has 3 heterocycles. The van der Waals surface area contributed by atoms with Crippen molar-refractivity contribution in [3.05, 3.63) is 58.7 Å². The number of hydrogen-bond donors (Lipinski definition) is 1. The van der Waals surface area contributed by atoms with Crippen LogP contribution in [-0.4, -0.2) is 73.4 Å². The normalized spacial score (nSPS) is 21.4. The maximum Gasteiger partial charge on any atom is 0.251 e. The summed E-state index contributed by atoms with van der Waals surface area (Å²) in [5, 5.41) is 9.87. The lowest BCUT2D eigenvalue weighted by molar-refractivity contribution is -0.112. The molecule has 3 aliphatic rings. The minimum Gasteiger partial charge on any atom is -0.508 e. The predicted molar refractivity (Wildman–Crippen MR) is 145 cm³/mol. The van der Waals surface area contributed by atoms with Crippen LogP contribution < -0.4 is 4.90 Å². The number of hydrogen-bond acceptors (Lipinski definition) is 5. The number of aromatic hydroxyl groups is 1. The smallest absolute Gasteiger partial charge is 0.251 e. The monoisotopic (exact) mass is 549 g/mol. The van der Waals surface area contributed by atoms with Gasteiger partial charge in [-0.15, -0.1) is 0 Å². The SMILES string of the molecule is CC.O=CCN1CC2(CCCN(c3cc(F)c(C4c5ccc(O)cc5CCN4CC(F)F)c(F)c3)CCC2)C1. The lowest BCUT2D eigenvalue weighted by Gasteiger charge is -2.51. The number of carbonyl (C=O) groups is 1. The van der Waals surface area contributed by atoms with E-state index in [4.69, 9.17) is 0 Å². The summed E-state index contributed by atoms with van der Waals surface area (Å²) in [4.78, 5) is 16.3. The molecule has 3 aliphatic heterocycles. The number of likely N-dealkylation sites (tertiary alicyclic amines) is 1. The number of benzene rings is 2. The van der Waals surface area contributed by atoms with E-state index in [1.807, 2.05) is 18.7 Å². The van der Waals surface area contributed by atoms with E-state index in [0.717, 1.165) is 45.1 Å². The van der Waals surface area contributed by atoms with E-state index < -0.39 is 30.6 Å². The van der Waals surface area contributed by atoms with Crippen LogP contribution in [0.2, 0.25) is 0 Å². The molecule has 39 heavy (non-hydrogen) atoms. The van der Waals surface area contributed by atoms with Gasteiger partial charge in [-0.25, -0.2) is 17.6 Å². The zero-order valence-electron chi connectivity index (χ0n) is 22.8. The summed E-state index contributed by atoms with van der Waals surface area (Å²) in [7, 11) is 0. The Balaban J connectivity index is 0.00000172. The Morgan fingerprint density at radius 1 is 1.03 bits per heavy atom. The Kier molecular flexibility index (Phi) is 9.54. The molecule has 1 unspecified atom stereocenters. The minimum atomic E-state index is -2.64. The highest BCUT2D eigenvalue weighted by molar-refractivity contribution is 5.53. The minimum absolute atomic E-state index is 0.0355. The number of halogens is 4. The maximum absolute atomic E-state index is 15.7. The molecule has 0 amide bonds. The molecule has 1 atom stereocenters. The van der Waals surface area contributed by atoms with Crippen molar-refractivity contribution in [1.82, 2.24) is 9.80 Å². The third-order valence-electron chi connectivity index (χ3n) is 8.25. The molecule has 5 nitrogen and oxygen atoms in total. The van der Waals surface area contributed by atoms with Gasteiger partial charge in [0.25, 0.3) is 6.43 Å². The van der Waals surface area contributed by atoms with Gasteiger partial charge in [0.15, 0.2) is 0 Å². The molecule has 2 saturated heterocycles. The number of aldehydes is 1. The largest absolute Gasteiger partial charge is 0.508 e. The Hall–Kier alpha value is -2.65. The molecule has 0 aromatic heterocycles. The van der Waals surface area contributed by atoms with Gasteiger partial charge in [0.2, 0.25) is 0 Å². The molecule has 2 aromatic carbocycles. The summed E-state index contributed by atoms with van der Waals surface area (Å²) in [6.07, 6.45) is 2.51. The number of carbonyl (C=O) groups excluding carboxylic acids is 1. The third-order valence-corrected chi connectivity index (χ3v) is 8.25. The number of phenols is 1. The van der Waals surface area contributed by atoms with Crippen LogP contribution in [0.15, 0.2) is 30.3 Å². The van der Waals surface area contributed by atoms with Gasteiger partial charge in [0, 0.05) is 44.0 Å². The Morgan fingerprint density at radius 2 is 1.67 bits per heavy atom. The molecule has 0 radical (unpaired) electrons. The molecule has 2 fully saturated rings. The van der Waals surface area contributed by atoms with Crippen molar-refractivity contribution in [1.29, 1.82) is 0 Å².